The molecule has 0 amide bonds. The van der Waals surface area contributed by atoms with Crippen molar-refractivity contribution in [2.45, 2.75) is 11.5 Å². The van der Waals surface area contributed by atoms with Gasteiger partial charge in [-0.1, -0.05) is 43.0 Å². The van der Waals surface area contributed by atoms with E-state index in [9.17, 15) is 13.2 Å². The predicted octanol–water partition coefficient (Wildman–Crippen LogP) is 2.24. The van der Waals surface area contributed by atoms with Gasteiger partial charge >= 0.3 is 0 Å². The molecule has 0 fully saturated rings. The molecule has 0 unspecified atom stereocenters. The highest BCUT2D eigenvalue weighted by Gasteiger charge is 2.11. The number of H-pyrrole nitrogens is 1. The number of nitrogens with zero attached hydrogens (tertiary/aromatic N) is 1. The van der Waals surface area contributed by atoms with Gasteiger partial charge in [0.05, 0.1) is 28.3 Å². The van der Waals surface area contributed by atoms with Gasteiger partial charge in [-0.15, -0.1) is 0 Å². The van der Waals surface area contributed by atoms with Crippen LogP contribution in [0.3, 0.4) is 0 Å². The van der Waals surface area contributed by atoms with Crippen LogP contribution in [0.15, 0.2) is 82.5 Å². The lowest BCUT2D eigenvalue weighted by Crippen LogP contribution is -2.33. The van der Waals surface area contributed by atoms with Crippen LogP contribution in [0.5, 0.6) is 11.5 Å². The van der Waals surface area contributed by atoms with Crippen LogP contribution in [0, 0.1) is 0 Å². The van der Waals surface area contributed by atoms with Crippen molar-refractivity contribution in [3.05, 3.63) is 105 Å². The van der Waals surface area contributed by atoms with Crippen LogP contribution < -0.4 is 25.6 Å². The average molecular weight is 479 g/mol. The highest BCUT2D eigenvalue weighted by atomic mass is 32.2. The van der Waals surface area contributed by atoms with E-state index in [-0.39, 0.29) is 10.5 Å². The van der Waals surface area contributed by atoms with E-state index in [1.807, 2.05) is 30.3 Å². The molecule has 174 valence electrons. The summed E-state index contributed by atoms with van der Waals surface area (Å²) in [5.41, 5.74) is 1.76. The maximum absolute atomic E-state index is 13.0. The molecule has 0 bridgehead atoms. The summed E-state index contributed by atoms with van der Waals surface area (Å²) >= 11 is 0. The Morgan fingerprint density at radius 3 is 2.38 bits per heavy atom. The van der Waals surface area contributed by atoms with Gasteiger partial charge in [-0.3, -0.25) is 14.4 Å². The Balaban J connectivity index is 1.65. The summed E-state index contributed by atoms with van der Waals surface area (Å²) in [7, 11) is -2.78. The van der Waals surface area contributed by atoms with E-state index in [1.165, 1.54) is 28.9 Å². The SMILES string of the molecule is C=c1[nH]n(-c2ccc(S(=O)(=O)O)cc2)c(=O)/c1=C\c1ccc(OCc2ccccc2)c(OC)c1. The molecule has 0 saturated heterocycles. The molecule has 4 rings (SSSR count). The van der Waals surface area contributed by atoms with E-state index in [2.05, 4.69) is 11.7 Å². The van der Waals surface area contributed by atoms with Crippen LogP contribution in [-0.4, -0.2) is 29.9 Å². The smallest absolute Gasteiger partial charge is 0.294 e. The van der Waals surface area contributed by atoms with Gasteiger partial charge in [-0.25, -0.2) is 4.68 Å². The number of benzene rings is 3. The topological polar surface area (TPSA) is 111 Å². The first-order chi connectivity index (χ1) is 16.3. The zero-order valence-electron chi connectivity index (χ0n) is 18.3. The fourth-order valence-electron chi connectivity index (χ4n) is 3.39. The fraction of sp³-hybridized carbons (Fsp3) is 0.0800. The fourth-order valence-corrected chi connectivity index (χ4v) is 3.87. The Morgan fingerprint density at radius 1 is 1.03 bits per heavy atom. The second kappa shape index (κ2) is 9.42. The molecule has 4 aromatic rings. The number of ether oxygens (including phenoxy) is 2. The standard InChI is InChI=1S/C25H22N2O6S/c1-17-22(25(28)27(26-17)20-9-11-21(12-10-20)34(29,30)31)14-19-8-13-23(24(15-19)32-2)33-16-18-6-4-3-5-7-18/h3-15,26H,1,16H2,2H3,(H,29,30,31)/b22-14-. The van der Waals surface area contributed by atoms with Crippen LogP contribution in [0.4, 0.5) is 0 Å². The molecule has 0 saturated carbocycles. The van der Waals surface area contributed by atoms with Crippen LogP contribution in [0.25, 0.3) is 18.3 Å². The van der Waals surface area contributed by atoms with Crippen molar-refractivity contribution in [2.24, 2.45) is 0 Å². The third-order valence-electron chi connectivity index (χ3n) is 5.13. The van der Waals surface area contributed by atoms with Gasteiger partial charge in [0.1, 0.15) is 6.61 Å². The Kier molecular flexibility index (Phi) is 6.40. The second-order valence-electron chi connectivity index (χ2n) is 7.44. The van der Waals surface area contributed by atoms with Crippen LogP contribution in [0.1, 0.15) is 11.1 Å². The maximum Gasteiger partial charge on any atom is 0.294 e. The number of hydrogen-bond donors (Lipinski definition) is 2. The largest absolute Gasteiger partial charge is 0.493 e. The second-order valence-corrected chi connectivity index (χ2v) is 8.86. The molecule has 0 radical (unpaired) electrons. The highest BCUT2D eigenvalue weighted by Crippen LogP contribution is 2.29. The van der Waals surface area contributed by atoms with Gasteiger partial charge in [-0.05, 0) is 53.6 Å². The summed E-state index contributed by atoms with van der Waals surface area (Å²) in [6.45, 7) is 4.30. The van der Waals surface area contributed by atoms with E-state index in [4.69, 9.17) is 14.0 Å². The van der Waals surface area contributed by atoms with Crippen molar-refractivity contribution >= 4 is 22.8 Å². The highest BCUT2D eigenvalue weighted by molar-refractivity contribution is 7.85. The first-order valence-electron chi connectivity index (χ1n) is 10.2. The first-order valence-corrected chi connectivity index (χ1v) is 11.6. The van der Waals surface area contributed by atoms with Crippen LogP contribution in [0.2, 0.25) is 0 Å². The third-order valence-corrected chi connectivity index (χ3v) is 6.00. The molecule has 1 heterocycles. The van der Waals surface area contributed by atoms with E-state index in [1.54, 1.807) is 31.4 Å². The Hall–Kier alpha value is -4.08. The molecule has 1 aromatic heterocycles. The zero-order chi connectivity index (χ0) is 24.3. The molecule has 0 atom stereocenters. The van der Waals surface area contributed by atoms with Crippen molar-refractivity contribution in [3.8, 4) is 17.2 Å². The number of rotatable bonds is 7. The molecule has 9 heteroatoms. The van der Waals surface area contributed by atoms with E-state index in [0.717, 1.165) is 5.56 Å². The molecule has 0 aliphatic carbocycles. The van der Waals surface area contributed by atoms with Crippen molar-refractivity contribution in [1.29, 1.82) is 0 Å². The van der Waals surface area contributed by atoms with Crippen LogP contribution >= 0.6 is 0 Å². The van der Waals surface area contributed by atoms with Gasteiger partial charge in [0, 0.05) is 0 Å². The Labute approximate surface area is 195 Å². The summed E-state index contributed by atoms with van der Waals surface area (Å²) in [5, 5.41) is 3.59. The van der Waals surface area contributed by atoms with Crippen molar-refractivity contribution in [2.75, 3.05) is 7.11 Å². The normalized spacial score (nSPS) is 12.0. The molecule has 2 N–H and O–H groups in total. The third kappa shape index (κ3) is 4.95. The first kappa shape index (κ1) is 23.1. The lowest BCUT2D eigenvalue weighted by atomic mass is 10.1. The van der Waals surface area contributed by atoms with Crippen molar-refractivity contribution < 1.29 is 22.4 Å². The Bertz CT molecular complexity index is 1590. The summed E-state index contributed by atoms with van der Waals surface area (Å²) in [6.07, 6.45) is 1.67. The van der Waals surface area contributed by atoms with Crippen LogP contribution in [-0.2, 0) is 16.7 Å². The minimum absolute atomic E-state index is 0.265. The summed E-state index contributed by atoms with van der Waals surface area (Å²) < 4.78 is 44.2. The number of hydrogen-bond acceptors (Lipinski definition) is 5. The molecule has 0 aliphatic heterocycles. The summed E-state index contributed by atoms with van der Waals surface area (Å²) in [6, 6.07) is 20.3. The molecule has 8 nitrogen and oxygen atoms in total. The monoisotopic (exact) mass is 478 g/mol. The van der Waals surface area contributed by atoms with Gasteiger partial charge in [0.15, 0.2) is 11.5 Å². The summed E-state index contributed by atoms with van der Waals surface area (Å²) in [4.78, 5) is 12.7. The van der Waals surface area contributed by atoms with Gasteiger partial charge in [-0.2, -0.15) is 8.42 Å². The number of methoxy groups -OCH3 is 1. The van der Waals surface area contributed by atoms with Gasteiger partial charge in [0.25, 0.3) is 15.7 Å². The van der Waals surface area contributed by atoms with E-state index in [0.29, 0.717) is 39.9 Å². The maximum atomic E-state index is 13.0. The number of nitrogens with one attached hydrogen (secondary N) is 1. The molecule has 3 aromatic carbocycles. The molecule has 34 heavy (non-hydrogen) atoms. The Morgan fingerprint density at radius 2 is 1.74 bits per heavy atom. The van der Waals surface area contributed by atoms with Crippen molar-refractivity contribution in [3.63, 3.8) is 0 Å². The van der Waals surface area contributed by atoms with E-state index < -0.39 is 10.1 Å². The average Bonchev–Trinajstić information content (AvgIpc) is 3.11. The zero-order valence-corrected chi connectivity index (χ0v) is 19.1. The minimum Gasteiger partial charge on any atom is -0.493 e. The molecular weight excluding hydrogens is 456 g/mol. The van der Waals surface area contributed by atoms with Crippen molar-refractivity contribution in [1.82, 2.24) is 9.78 Å². The summed E-state index contributed by atoms with van der Waals surface area (Å²) in [5.74, 6) is 1.09. The molecule has 0 spiro atoms. The lowest BCUT2D eigenvalue weighted by Gasteiger charge is -2.11. The van der Waals surface area contributed by atoms with E-state index >= 15 is 0 Å². The molecular formula is C25H22N2O6S. The minimum atomic E-state index is -4.32. The predicted molar refractivity (Wildman–Crippen MR) is 128 cm³/mol. The van der Waals surface area contributed by atoms with Gasteiger partial charge in [0.2, 0.25) is 0 Å². The van der Waals surface area contributed by atoms with Gasteiger partial charge < -0.3 is 9.47 Å². The molecule has 0 aliphatic rings. The lowest BCUT2D eigenvalue weighted by molar-refractivity contribution is 0.284. The number of aromatic nitrogens is 2. The number of aromatic amines is 1. The quantitative estimate of drug-likeness (QED) is 0.394.